The van der Waals surface area contributed by atoms with Crippen molar-refractivity contribution in [2.75, 3.05) is 6.54 Å². The highest BCUT2D eigenvalue weighted by Crippen LogP contribution is 2.15. The summed E-state index contributed by atoms with van der Waals surface area (Å²) in [5, 5.41) is 2.58. The van der Waals surface area contributed by atoms with Crippen LogP contribution in [0.2, 0.25) is 0 Å². The second-order valence-electron chi connectivity index (χ2n) is 6.95. The molecular formula is C19H36N2O2. The van der Waals surface area contributed by atoms with E-state index in [0.717, 1.165) is 12.8 Å². The van der Waals surface area contributed by atoms with Gasteiger partial charge in [-0.2, -0.15) is 0 Å². The third kappa shape index (κ3) is 8.38. The Morgan fingerprint density at radius 1 is 0.870 bits per heavy atom. The molecule has 0 aromatic rings. The van der Waals surface area contributed by atoms with E-state index in [-0.39, 0.29) is 24.5 Å². The molecule has 0 radical (unpaired) electrons. The summed E-state index contributed by atoms with van der Waals surface area (Å²) in [5.74, 6) is -0.0820. The molecule has 1 atom stereocenters. The maximum absolute atomic E-state index is 11.6. The minimum Gasteiger partial charge on any atom is -0.329 e. The molecule has 1 heterocycles. The van der Waals surface area contributed by atoms with Gasteiger partial charge in [0.2, 0.25) is 5.91 Å². The number of hydrogen-bond donors (Lipinski definition) is 1. The molecule has 134 valence electrons. The van der Waals surface area contributed by atoms with Crippen molar-refractivity contribution in [1.29, 1.82) is 0 Å². The number of urea groups is 1. The maximum atomic E-state index is 11.6. The quantitative estimate of drug-likeness (QED) is 0.360. The van der Waals surface area contributed by atoms with Gasteiger partial charge in [0.15, 0.2) is 0 Å². The Morgan fingerprint density at radius 3 is 1.78 bits per heavy atom. The van der Waals surface area contributed by atoms with Crippen LogP contribution in [-0.2, 0) is 4.79 Å². The van der Waals surface area contributed by atoms with Crippen molar-refractivity contribution in [3.63, 3.8) is 0 Å². The molecule has 0 aromatic carbocycles. The highest BCUT2D eigenvalue weighted by molar-refractivity contribution is 6.02. The predicted molar refractivity (Wildman–Crippen MR) is 95.4 cm³/mol. The third-order valence-electron chi connectivity index (χ3n) is 4.79. The van der Waals surface area contributed by atoms with E-state index in [9.17, 15) is 9.59 Å². The number of nitrogens with zero attached hydrogens (tertiary/aromatic N) is 1. The van der Waals surface area contributed by atoms with Crippen LogP contribution in [0, 0.1) is 0 Å². The summed E-state index contributed by atoms with van der Waals surface area (Å²) >= 11 is 0. The summed E-state index contributed by atoms with van der Waals surface area (Å²) in [6.07, 6.45) is 16.9. The molecule has 1 rings (SSSR count). The lowest BCUT2D eigenvalue weighted by atomic mass is 10.0. The maximum Gasteiger partial charge on any atom is 0.324 e. The van der Waals surface area contributed by atoms with E-state index in [1.165, 1.54) is 75.5 Å². The Kier molecular flexibility index (Phi) is 10.8. The molecule has 1 fully saturated rings. The summed E-state index contributed by atoms with van der Waals surface area (Å²) in [4.78, 5) is 24.5. The second-order valence-corrected chi connectivity index (χ2v) is 6.95. The summed E-state index contributed by atoms with van der Waals surface area (Å²) in [5.41, 5.74) is 0. The number of imide groups is 1. The molecule has 0 spiro atoms. The van der Waals surface area contributed by atoms with Gasteiger partial charge in [-0.25, -0.2) is 4.79 Å². The SMILES string of the molecule is CCCCCCCCCCCCCCC(C)N1C(=O)CNC1=O. The van der Waals surface area contributed by atoms with Crippen molar-refractivity contribution in [2.45, 2.75) is 103 Å². The molecule has 1 saturated heterocycles. The number of hydrogen-bond acceptors (Lipinski definition) is 2. The van der Waals surface area contributed by atoms with Crippen LogP contribution in [0.3, 0.4) is 0 Å². The van der Waals surface area contributed by atoms with E-state index < -0.39 is 0 Å². The van der Waals surface area contributed by atoms with Crippen LogP contribution >= 0.6 is 0 Å². The van der Waals surface area contributed by atoms with Gasteiger partial charge in [0.1, 0.15) is 0 Å². The zero-order valence-corrected chi connectivity index (χ0v) is 15.2. The summed E-state index contributed by atoms with van der Waals surface area (Å²) in [6, 6.07) is -0.186. The Hall–Kier alpha value is -1.06. The smallest absolute Gasteiger partial charge is 0.324 e. The van der Waals surface area contributed by atoms with E-state index in [4.69, 9.17) is 0 Å². The molecule has 4 nitrogen and oxygen atoms in total. The zero-order valence-electron chi connectivity index (χ0n) is 15.2. The van der Waals surface area contributed by atoms with Crippen LogP contribution < -0.4 is 5.32 Å². The van der Waals surface area contributed by atoms with Crippen LogP contribution in [0.15, 0.2) is 0 Å². The molecule has 0 aromatic heterocycles. The number of unbranched alkanes of at least 4 members (excludes halogenated alkanes) is 11. The molecule has 3 amide bonds. The molecular weight excluding hydrogens is 288 g/mol. The zero-order chi connectivity index (χ0) is 16.9. The van der Waals surface area contributed by atoms with E-state index >= 15 is 0 Å². The van der Waals surface area contributed by atoms with Crippen molar-refractivity contribution in [1.82, 2.24) is 10.2 Å². The van der Waals surface area contributed by atoms with Crippen LogP contribution in [0.25, 0.3) is 0 Å². The molecule has 0 saturated carbocycles. The van der Waals surface area contributed by atoms with Gasteiger partial charge in [-0.1, -0.05) is 84.0 Å². The van der Waals surface area contributed by atoms with Crippen LogP contribution in [0.1, 0.15) is 97.3 Å². The van der Waals surface area contributed by atoms with Gasteiger partial charge in [0, 0.05) is 6.04 Å². The Labute approximate surface area is 142 Å². The highest BCUT2D eigenvalue weighted by atomic mass is 16.2. The van der Waals surface area contributed by atoms with E-state index in [1.54, 1.807) is 0 Å². The van der Waals surface area contributed by atoms with E-state index in [2.05, 4.69) is 12.2 Å². The first-order valence-corrected chi connectivity index (χ1v) is 9.76. The number of amides is 3. The highest BCUT2D eigenvalue weighted by Gasteiger charge is 2.32. The lowest BCUT2D eigenvalue weighted by Gasteiger charge is -2.20. The molecule has 4 heteroatoms. The number of carbonyl (C=O) groups is 2. The van der Waals surface area contributed by atoms with Gasteiger partial charge in [0.25, 0.3) is 0 Å². The van der Waals surface area contributed by atoms with Crippen LogP contribution in [0.5, 0.6) is 0 Å². The van der Waals surface area contributed by atoms with Crippen LogP contribution in [0.4, 0.5) is 4.79 Å². The fourth-order valence-electron chi connectivity index (χ4n) is 3.29. The normalized spacial score (nSPS) is 16.0. The summed E-state index contributed by atoms with van der Waals surface area (Å²) in [6.45, 7) is 4.40. The third-order valence-corrected chi connectivity index (χ3v) is 4.79. The van der Waals surface area contributed by atoms with Crippen molar-refractivity contribution in [3.05, 3.63) is 0 Å². The standard InChI is InChI=1S/C19H36N2O2/c1-3-4-5-6-7-8-9-10-11-12-13-14-15-17(2)21-18(22)16-20-19(21)23/h17H,3-16H2,1-2H3,(H,20,23). The average molecular weight is 325 g/mol. The number of carbonyl (C=O) groups excluding carboxylic acids is 2. The Morgan fingerprint density at radius 2 is 1.35 bits per heavy atom. The van der Waals surface area contributed by atoms with Crippen molar-refractivity contribution >= 4 is 11.9 Å². The first-order chi connectivity index (χ1) is 11.2. The lowest BCUT2D eigenvalue weighted by molar-refractivity contribution is -0.126. The molecule has 1 aliphatic heterocycles. The molecule has 23 heavy (non-hydrogen) atoms. The number of rotatable bonds is 14. The first-order valence-electron chi connectivity index (χ1n) is 9.76. The van der Waals surface area contributed by atoms with Gasteiger partial charge < -0.3 is 5.32 Å². The lowest BCUT2D eigenvalue weighted by Crippen LogP contribution is -2.38. The Balaban J connectivity index is 1.88. The molecule has 0 bridgehead atoms. The number of nitrogens with one attached hydrogen (secondary N) is 1. The largest absolute Gasteiger partial charge is 0.329 e. The Bertz CT molecular complexity index is 328. The molecule has 1 unspecified atom stereocenters. The van der Waals surface area contributed by atoms with Gasteiger partial charge in [-0.05, 0) is 13.3 Å². The van der Waals surface area contributed by atoms with Crippen molar-refractivity contribution in [3.8, 4) is 0 Å². The summed E-state index contributed by atoms with van der Waals surface area (Å²) in [7, 11) is 0. The minimum atomic E-state index is -0.221. The topological polar surface area (TPSA) is 49.4 Å². The predicted octanol–water partition coefficient (Wildman–Crippen LogP) is 5.02. The van der Waals surface area contributed by atoms with Gasteiger partial charge in [-0.15, -0.1) is 0 Å². The molecule has 0 aliphatic carbocycles. The van der Waals surface area contributed by atoms with E-state index in [0.29, 0.717) is 0 Å². The fourth-order valence-corrected chi connectivity index (χ4v) is 3.29. The monoisotopic (exact) mass is 324 g/mol. The van der Waals surface area contributed by atoms with Crippen molar-refractivity contribution in [2.24, 2.45) is 0 Å². The second kappa shape index (κ2) is 12.4. The average Bonchev–Trinajstić information content (AvgIpc) is 2.87. The molecule has 1 aliphatic rings. The minimum absolute atomic E-state index is 0.0353. The molecule has 1 N–H and O–H groups in total. The summed E-state index contributed by atoms with van der Waals surface area (Å²) < 4.78 is 0. The van der Waals surface area contributed by atoms with E-state index in [1.807, 2.05) is 6.92 Å². The van der Waals surface area contributed by atoms with Gasteiger partial charge in [-0.3, -0.25) is 9.69 Å². The van der Waals surface area contributed by atoms with Crippen molar-refractivity contribution < 1.29 is 9.59 Å². The van der Waals surface area contributed by atoms with Crippen LogP contribution in [-0.4, -0.2) is 29.4 Å². The first kappa shape index (κ1) is 20.0. The van der Waals surface area contributed by atoms with Gasteiger partial charge >= 0.3 is 6.03 Å². The fraction of sp³-hybridized carbons (Fsp3) is 0.895. The van der Waals surface area contributed by atoms with Gasteiger partial charge in [0.05, 0.1) is 6.54 Å².